The molecule has 0 saturated heterocycles. The Morgan fingerprint density at radius 2 is 1.65 bits per heavy atom. The van der Waals surface area contributed by atoms with E-state index in [1.807, 2.05) is 32.0 Å². The number of aliphatic carboxylic acids is 2. The molecule has 0 bridgehead atoms. The first-order valence-electron chi connectivity index (χ1n) is 5.40. The van der Waals surface area contributed by atoms with Gasteiger partial charge < -0.3 is 10.2 Å². The average Bonchev–Trinajstić information content (AvgIpc) is 2.13. The van der Waals surface area contributed by atoms with Crippen molar-refractivity contribution in [1.82, 2.24) is 0 Å². The quantitative estimate of drug-likeness (QED) is 0.820. The Morgan fingerprint density at radius 3 is 2.06 bits per heavy atom. The molecular formula is C13H16O4. The second-order valence-electron chi connectivity index (χ2n) is 4.33. The van der Waals surface area contributed by atoms with Gasteiger partial charge >= 0.3 is 11.9 Å². The van der Waals surface area contributed by atoms with Gasteiger partial charge in [-0.05, 0) is 25.8 Å². The second kappa shape index (κ2) is 5.48. The maximum Gasteiger partial charge on any atom is 0.307 e. The molecule has 1 aromatic rings. The average molecular weight is 236 g/mol. The van der Waals surface area contributed by atoms with E-state index >= 15 is 0 Å². The van der Waals surface area contributed by atoms with Crippen LogP contribution in [0.1, 0.15) is 23.1 Å². The lowest BCUT2D eigenvalue weighted by Gasteiger charge is -2.11. The van der Waals surface area contributed by atoms with Crippen molar-refractivity contribution in [3.63, 3.8) is 0 Å². The van der Waals surface area contributed by atoms with Crippen molar-refractivity contribution in [2.45, 2.75) is 26.7 Å². The zero-order chi connectivity index (χ0) is 13.0. The van der Waals surface area contributed by atoms with Crippen molar-refractivity contribution >= 4 is 11.9 Å². The van der Waals surface area contributed by atoms with E-state index in [4.69, 9.17) is 10.2 Å². The van der Waals surface area contributed by atoms with E-state index in [1.165, 1.54) is 0 Å². The number of aryl methyl sites for hydroxylation is 2. The van der Waals surface area contributed by atoms with Gasteiger partial charge in [-0.3, -0.25) is 9.59 Å². The molecule has 0 spiro atoms. The molecule has 0 radical (unpaired) electrons. The van der Waals surface area contributed by atoms with E-state index in [0.29, 0.717) is 0 Å². The summed E-state index contributed by atoms with van der Waals surface area (Å²) in [7, 11) is 0. The fraction of sp³-hybridized carbons (Fsp3) is 0.385. The summed E-state index contributed by atoms with van der Waals surface area (Å²) in [6.07, 6.45) is -0.0908. The molecule has 92 valence electrons. The van der Waals surface area contributed by atoms with E-state index in [2.05, 4.69) is 0 Å². The molecule has 1 rings (SSSR count). The number of carboxylic acid groups (broad SMARTS) is 2. The molecule has 0 aliphatic carbocycles. The predicted octanol–water partition coefficient (Wildman–Crippen LogP) is 2.02. The molecule has 4 nitrogen and oxygen atoms in total. The van der Waals surface area contributed by atoms with Gasteiger partial charge in [0, 0.05) is 0 Å². The maximum absolute atomic E-state index is 10.9. The van der Waals surface area contributed by atoms with Crippen LogP contribution in [-0.2, 0) is 16.0 Å². The fourth-order valence-corrected chi connectivity index (χ4v) is 1.93. The Hall–Kier alpha value is -1.84. The molecule has 1 aromatic carbocycles. The summed E-state index contributed by atoms with van der Waals surface area (Å²) in [4.78, 5) is 21.5. The first-order chi connectivity index (χ1) is 7.88. The molecule has 0 aliphatic rings. The van der Waals surface area contributed by atoms with Crippen LogP contribution in [-0.4, -0.2) is 22.2 Å². The SMILES string of the molecule is Cc1cc(C)cc(CC(CC(=O)O)C(=O)O)c1. The molecule has 0 amide bonds. The minimum absolute atomic E-state index is 0.254. The fourth-order valence-electron chi connectivity index (χ4n) is 1.93. The highest BCUT2D eigenvalue weighted by Gasteiger charge is 2.21. The second-order valence-corrected chi connectivity index (χ2v) is 4.33. The number of carbonyl (C=O) groups is 2. The molecule has 17 heavy (non-hydrogen) atoms. The molecule has 1 atom stereocenters. The van der Waals surface area contributed by atoms with Crippen molar-refractivity contribution in [2.24, 2.45) is 5.92 Å². The lowest BCUT2D eigenvalue weighted by atomic mass is 9.94. The molecule has 0 fully saturated rings. The van der Waals surface area contributed by atoms with Crippen LogP contribution in [0.4, 0.5) is 0 Å². The van der Waals surface area contributed by atoms with Gasteiger partial charge in [0.1, 0.15) is 0 Å². The van der Waals surface area contributed by atoms with E-state index < -0.39 is 17.9 Å². The van der Waals surface area contributed by atoms with Crippen molar-refractivity contribution in [3.05, 3.63) is 34.9 Å². The topological polar surface area (TPSA) is 74.6 Å². The summed E-state index contributed by atoms with van der Waals surface area (Å²) in [5.74, 6) is -3.01. The lowest BCUT2D eigenvalue weighted by molar-refractivity contribution is -0.148. The maximum atomic E-state index is 10.9. The molecule has 2 N–H and O–H groups in total. The highest BCUT2D eigenvalue weighted by Crippen LogP contribution is 2.16. The van der Waals surface area contributed by atoms with Gasteiger partial charge in [0.2, 0.25) is 0 Å². The van der Waals surface area contributed by atoms with Crippen LogP contribution < -0.4 is 0 Å². The van der Waals surface area contributed by atoms with Gasteiger partial charge in [-0.25, -0.2) is 0 Å². The lowest BCUT2D eigenvalue weighted by Crippen LogP contribution is -2.20. The summed E-state index contributed by atoms with van der Waals surface area (Å²) in [6, 6.07) is 5.78. The highest BCUT2D eigenvalue weighted by atomic mass is 16.4. The molecule has 0 aromatic heterocycles. The van der Waals surface area contributed by atoms with Crippen LogP contribution in [0.2, 0.25) is 0 Å². The Morgan fingerprint density at radius 1 is 1.12 bits per heavy atom. The first-order valence-corrected chi connectivity index (χ1v) is 5.40. The van der Waals surface area contributed by atoms with Gasteiger partial charge in [-0.15, -0.1) is 0 Å². The summed E-state index contributed by atoms with van der Waals surface area (Å²) < 4.78 is 0. The van der Waals surface area contributed by atoms with Crippen LogP contribution in [0.5, 0.6) is 0 Å². The van der Waals surface area contributed by atoms with Crippen LogP contribution in [0.25, 0.3) is 0 Å². The Labute approximate surface area is 99.9 Å². The zero-order valence-electron chi connectivity index (χ0n) is 9.93. The number of carboxylic acids is 2. The first kappa shape index (κ1) is 13.2. The van der Waals surface area contributed by atoms with E-state index in [1.54, 1.807) is 0 Å². The molecule has 0 saturated carbocycles. The third-order valence-corrected chi connectivity index (χ3v) is 2.53. The van der Waals surface area contributed by atoms with Crippen molar-refractivity contribution < 1.29 is 19.8 Å². The van der Waals surface area contributed by atoms with Gasteiger partial charge in [-0.2, -0.15) is 0 Å². The van der Waals surface area contributed by atoms with Crippen LogP contribution in [0, 0.1) is 19.8 Å². The standard InChI is InChI=1S/C13H16O4/c1-8-3-9(2)5-10(4-8)6-11(13(16)17)7-12(14)15/h3-5,11H,6-7H2,1-2H3,(H,14,15)(H,16,17). The van der Waals surface area contributed by atoms with Crippen molar-refractivity contribution in [1.29, 1.82) is 0 Å². The normalized spacial score (nSPS) is 12.1. The van der Waals surface area contributed by atoms with E-state index in [-0.39, 0.29) is 12.8 Å². The predicted molar refractivity (Wildman–Crippen MR) is 63.0 cm³/mol. The minimum atomic E-state index is -1.08. The summed E-state index contributed by atoms with van der Waals surface area (Å²) in [5.41, 5.74) is 2.98. The summed E-state index contributed by atoms with van der Waals surface area (Å²) in [6.45, 7) is 3.87. The summed E-state index contributed by atoms with van der Waals surface area (Å²) >= 11 is 0. The van der Waals surface area contributed by atoms with E-state index in [9.17, 15) is 9.59 Å². The van der Waals surface area contributed by atoms with Crippen LogP contribution >= 0.6 is 0 Å². The Balaban J connectivity index is 2.85. The number of rotatable bonds is 5. The Kier molecular flexibility index (Phi) is 4.26. The van der Waals surface area contributed by atoms with Crippen LogP contribution in [0.15, 0.2) is 18.2 Å². The largest absolute Gasteiger partial charge is 0.481 e. The third-order valence-electron chi connectivity index (χ3n) is 2.53. The number of hydrogen-bond donors (Lipinski definition) is 2. The number of hydrogen-bond acceptors (Lipinski definition) is 2. The molecule has 1 unspecified atom stereocenters. The third kappa shape index (κ3) is 4.26. The summed E-state index contributed by atoms with van der Waals surface area (Å²) in [5, 5.41) is 17.6. The highest BCUT2D eigenvalue weighted by molar-refractivity contribution is 5.78. The zero-order valence-corrected chi connectivity index (χ0v) is 9.93. The minimum Gasteiger partial charge on any atom is -0.481 e. The van der Waals surface area contributed by atoms with Gasteiger partial charge in [0.05, 0.1) is 12.3 Å². The van der Waals surface area contributed by atoms with Gasteiger partial charge in [0.25, 0.3) is 0 Å². The monoisotopic (exact) mass is 236 g/mol. The number of benzene rings is 1. The molecule has 4 heteroatoms. The molecule has 0 aliphatic heterocycles. The molecule has 0 heterocycles. The van der Waals surface area contributed by atoms with Gasteiger partial charge in [-0.1, -0.05) is 29.3 Å². The molecular weight excluding hydrogens is 220 g/mol. The van der Waals surface area contributed by atoms with Crippen molar-refractivity contribution in [3.8, 4) is 0 Å². The van der Waals surface area contributed by atoms with E-state index in [0.717, 1.165) is 16.7 Å². The smallest absolute Gasteiger partial charge is 0.307 e. The van der Waals surface area contributed by atoms with Gasteiger partial charge in [0.15, 0.2) is 0 Å². The van der Waals surface area contributed by atoms with Crippen molar-refractivity contribution in [2.75, 3.05) is 0 Å². The Bertz CT molecular complexity index is 417. The van der Waals surface area contributed by atoms with Crippen LogP contribution in [0.3, 0.4) is 0 Å².